The molecule has 2 amide bonds. The quantitative estimate of drug-likeness (QED) is 0.575. The van der Waals surface area contributed by atoms with Crippen molar-refractivity contribution in [3.8, 4) is 5.75 Å². The van der Waals surface area contributed by atoms with Crippen LogP contribution < -0.4 is 9.64 Å². The fourth-order valence-corrected chi connectivity index (χ4v) is 5.22. The largest absolute Gasteiger partial charge is 0.485 e. The standard InChI is InChI=1S/C23H20FNO4/c24-16-5-3-13(4-6-16)19(26)12-29-18-9-7-17(8-10-18)25-22(27)20-14-1-2-15(11-14)21(20)23(25)28/h3-10,14-15,20-21H,1-2,11-12H2/t14-,15-,20-,21-/m0/s1. The van der Waals surface area contributed by atoms with Crippen molar-refractivity contribution in [2.24, 2.45) is 23.7 Å². The molecule has 6 heteroatoms. The summed E-state index contributed by atoms with van der Waals surface area (Å²) in [6, 6.07) is 11.9. The van der Waals surface area contributed by atoms with E-state index in [0.717, 1.165) is 19.3 Å². The number of rotatable bonds is 5. The Kier molecular flexibility index (Phi) is 4.23. The molecule has 4 atom stereocenters. The Balaban J connectivity index is 1.26. The van der Waals surface area contributed by atoms with Gasteiger partial charge < -0.3 is 4.74 Å². The first-order valence-electron chi connectivity index (χ1n) is 9.92. The van der Waals surface area contributed by atoms with E-state index < -0.39 is 5.82 Å². The smallest absolute Gasteiger partial charge is 0.237 e. The van der Waals surface area contributed by atoms with Crippen LogP contribution in [0.25, 0.3) is 0 Å². The summed E-state index contributed by atoms with van der Waals surface area (Å²) >= 11 is 0. The van der Waals surface area contributed by atoms with Gasteiger partial charge in [0, 0.05) is 5.56 Å². The second kappa shape index (κ2) is 6.79. The zero-order chi connectivity index (χ0) is 20.1. The van der Waals surface area contributed by atoms with Crippen LogP contribution in [0, 0.1) is 29.5 Å². The van der Waals surface area contributed by atoms with Crippen molar-refractivity contribution in [1.29, 1.82) is 0 Å². The number of fused-ring (bicyclic) bond motifs is 5. The second-order valence-corrected chi connectivity index (χ2v) is 8.11. The van der Waals surface area contributed by atoms with Crippen molar-refractivity contribution < 1.29 is 23.5 Å². The van der Waals surface area contributed by atoms with Gasteiger partial charge >= 0.3 is 0 Å². The Morgan fingerprint density at radius 1 is 0.931 bits per heavy atom. The van der Waals surface area contributed by atoms with Gasteiger partial charge in [0.15, 0.2) is 12.4 Å². The van der Waals surface area contributed by atoms with Crippen LogP contribution in [0.2, 0.25) is 0 Å². The Morgan fingerprint density at radius 2 is 1.52 bits per heavy atom. The van der Waals surface area contributed by atoms with E-state index in [1.807, 2.05) is 0 Å². The lowest BCUT2D eigenvalue weighted by Crippen LogP contribution is -2.32. The number of benzene rings is 2. The fraction of sp³-hybridized carbons (Fsp3) is 0.348. The third-order valence-corrected chi connectivity index (χ3v) is 6.56. The zero-order valence-electron chi connectivity index (χ0n) is 15.7. The summed E-state index contributed by atoms with van der Waals surface area (Å²) in [5.41, 5.74) is 0.920. The van der Waals surface area contributed by atoms with E-state index in [9.17, 15) is 18.8 Å². The van der Waals surface area contributed by atoms with Gasteiger partial charge in [-0.25, -0.2) is 4.39 Å². The molecule has 3 aliphatic rings. The van der Waals surface area contributed by atoms with E-state index in [-0.39, 0.29) is 36.0 Å². The summed E-state index contributed by atoms with van der Waals surface area (Å²) in [5.74, 6) is 0.0563. The van der Waals surface area contributed by atoms with Crippen LogP contribution in [0.3, 0.4) is 0 Å². The molecular formula is C23H20FNO4. The number of ether oxygens (including phenoxy) is 1. The third kappa shape index (κ3) is 2.94. The predicted octanol–water partition coefficient (Wildman–Crippen LogP) is 3.62. The van der Waals surface area contributed by atoms with E-state index in [1.165, 1.54) is 29.2 Å². The van der Waals surface area contributed by atoms with Crippen LogP contribution in [0.4, 0.5) is 10.1 Å². The number of carbonyl (C=O) groups is 3. The Labute approximate surface area is 167 Å². The molecular weight excluding hydrogens is 373 g/mol. The number of hydrogen-bond acceptors (Lipinski definition) is 4. The van der Waals surface area contributed by atoms with Gasteiger partial charge in [-0.1, -0.05) is 0 Å². The molecule has 0 unspecified atom stereocenters. The average molecular weight is 393 g/mol. The maximum atomic E-state index is 12.9. The highest BCUT2D eigenvalue weighted by atomic mass is 19.1. The van der Waals surface area contributed by atoms with Gasteiger partial charge in [-0.3, -0.25) is 19.3 Å². The highest BCUT2D eigenvalue weighted by Gasteiger charge is 2.61. The minimum Gasteiger partial charge on any atom is -0.485 e. The molecule has 2 aromatic rings. The number of amides is 2. The van der Waals surface area contributed by atoms with E-state index in [4.69, 9.17) is 4.74 Å². The molecule has 0 N–H and O–H groups in total. The molecule has 2 bridgehead atoms. The number of ketones is 1. The van der Waals surface area contributed by atoms with E-state index in [1.54, 1.807) is 24.3 Å². The Bertz CT molecular complexity index is 957. The first kappa shape index (κ1) is 18.0. The van der Waals surface area contributed by atoms with Gasteiger partial charge in [0.2, 0.25) is 11.8 Å². The molecule has 5 rings (SSSR count). The molecule has 1 aliphatic heterocycles. The normalized spacial score (nSPS) is 27.4. The highest BCUT2D eigenvalue weighted by Crippen LogP contribution is 2.56. The topological polar surface area (TPSA) is 63.7 Å². The summed E-state index contributed by atoms with van der Waals surface area (Å²) in [4.78, 5) is 39.2. The van der Waals surface area contributed by atoms with Crippen LogP contribution in [-0.2, 0) is 9.59 Å². The number of anilines is 1. The second-order valence-electron chi connectivity index (χ2n) is 8.11. The van der Waals surface area contributed by atoms with Crippen molar-refractivity contribution in [2.75, 3.05) is 11.5 Å². The van der Waals surface area contributed by atoms with Crippen molar-refractivity contribution in [3.63, 3.8) is 0 Å². The maximum absolute atomic E-state index is 12.9. The molecule has 1 saturated heterocycles. The molecule has 5 nitrogen and oxygen atoms in total. The van der Waals surface area contributed by atoms with Crippen LogP contribution in [0.5, 0.6) is 5.75 Å². The van der Waals surface area contributed by atoms with Crippen molar-refractivity contribution >= 4 is 23.3 Å². The van der Waals surface area contributed by atoms with E-state index >= 15 is 0 Å². The lowest BCUT2D eigenvalue weighted by molar-refractivity contribution is -0.123. The average Bonchev–Trinajstić information content (AvgIpc) is 3.41. The van der Waals surface area contributed by atoms with Gasteiger partial charge in [-0.15, -0.1) is 0 Å². The van der Waals surface area contributed by atoms with Crippen LogP contribution in [0.15, 0.2) is 48.5 Å². The Morgan fingerprint density at radius 3 is 2.10 bits per heavy atom. The van der Waals surface area contributed by atoms with Gasteiger partial charge in [-0.2, -0.15) is 0 Å². The zero-order valence-corrected chi connectivity index (χ0v) is 15.7. The van der Waals surface area contributed by atoms with Crippen molar-refractivity contribution in [2.45, 2.75) is 19.3 Å². The highest BCUT2D eigenvalue weighted by molar-refractivity contribution is 6.22. The summed E-state index contributed by atoms with van der Waals surface area (Å²) < 4.78 is 18.5. The molecule has 0 aromatic heterocycles. The first-order valence-corrected chi connectivity index (χ1v) is 9.92. The predicted molar refractivity (Wildman–Crippen MR) is 103 cm³/mol. The maximum Gasteiger partial charge on any atom is 0.237 e. The first-order chi connectivity index (χ1) is 14.0. The lowest BCUT2D eigenvalue weighted by atomic mass is 9.81. The molecule has 0 spiro atoms. The van der Waals surface area contributed by atoms with Crippen molar-refractivity contribution in [3.05, 3.63) is 59.9 Å². The third-order valence-electron chi connectivity index (χ3n) is 6.56. The monoisotopic (exact) mass is 393 g/mol. The minimum absolute atomic E-state index is 0.0765. The molecule has 29 heavy (non-hydrogen) atoms. The summed E-state index contributed by atoms with van der Waals surface area (Å²) in [5, 5.41) is 0. The fourth-order valence-electron chi connectivity index (χ4n) is 5.22. The lowest BCUT2D eigenvalue weighted by Gasteiger charge is -2.19. The number of imide groups is 1. The summed E-state index contributed by atoms with van der Waals surface area (Å²) in [7, 11) is 0. The molecule has 2 saturated carbocycles. The van der Waals surface area contributed by atoms with Gasteiger partial charge in [-0.05, 0) is 79.6 Å². The molecule has 148 valence electrons. The summed E-state index contributed by atoms with van der Waals surface area (Å²) in [6.07, 6.45) is 3.11. The number of Topliss-reactive ketones (excluding diaryl/α,β-unsaturated/α-hetero) is 1. The van der Waals surface area contributed by atoms with Crippen LogP contribution in [-0.4, -0.2) is 24.2 Å². The van der Waals surface area contributed by atoms with E-state index in [0.29, 0.717) is 28.8 Å². The summed E-state index contributed by atoms with van der Waals surface area (Å²) in [6.45, 7) is -0.180. The molecule has 2 aliphatic carbocycles. The Hall–Kier alpha value is -3.02. The van der Waals surface area contributed by atoms with Gasteiger partial charge in [0.25, 0.3) is 0 Å². The van der Waals surface area contributed by atoms with Crippen LogP contribution >= 0.6 is 0 Å². The number of nitrogens with zero attached hydrogens (tertiary/aromatic N) is 1. The number of carbonyl (C=O) groups excluding carboxylic acids is 3. The van der Waals surface area contributed by atoms with Crippen molar-refractivity contribution in [1.82, 2.24) is 0 Å². The number of hydrogen-bond donors (Lipinski definition) is 0. The molecule has 1 heterocycles. The van der Waals surface area contributed by atoms with Crippen LogP contribution in [0.1, 0.15) is 29.6 Å². The minimum atomic E-state index is -0.402. The van der Waals surface area contributed by atoms with Gasteiger partial charge in [0.05, 0.1) is 17.5 Å². The van der Waals surface area contributed by atoms with Gasteiger partial charge in [0.1, 0.15) is 11.6 Å². The molecule has 2 aromatic carbocycles. The molecule has 0 radical (unpaired) electrons. The molecule has 3 fully saturated rings. The van der Waals surface area contributed by atoms with E-state index in [2.05, 4.69) is 0 Å². The number of halogens is 1. The SMILES string of the molecule is O=C(COc1ccc(N2C(=O)[C@H]3[C@H]4CC[C@@H](C4)[C@@H]3C2=O)cc1)c1ccc(F)cc1.